The van der Waals surface area contributed by atoms with Gasteiger partial charge in [-0.3, -0.25) is 4.79 Å². The molecule has 3 aromatic rings. The first-order valence-electron chi connectivity index (χ1n) is 6.16. The quantitative estimate of drug-likeness (QED) is 0.733. The third kappa shape index (κ3) is 2.75. The van der Waals surface area contributed by atoms with Crippen LogP contribution in [0.4, 0.5) is 0 Å². The third-order valence-electron chi connectivity index (χ3n) is 3.00. The summed E-state index contributed by atoms with van der Waals surface area (Å²) >= 11 is 7.39. The third-order valence-corrected chi connectivity index (χ3v) is 4.30. The molecule has 0 aliphatic rings. The Morgan fingerprint density at radius 3 is 2.95 bits per heavy atom. The number of H-pyrrole nitrogens is 1. The van der Waals surface area contributed by atoms with Crippen LogP contribution in [0.15, 0.2) is 46.5 Å². The van der Waals surface area contributed by atoms with E-state index in [9.17, 15) is 4.79 Å². The number of hydrogen-bond donors (Lipinski definition) is 1. The molecule has 3 rings (SSSR count). The van der Waals surface area contributed by atoms with Crippen molar-refractivity contribution < 1.29 is 9.53 Å². The molecule has 0 bridgehead atoms. The van der Waals surface area contributed by atoms with Crippen molar-refractivity contribution in [3.63, 3.8) is 0 Å². The van der Waals surface area contributed by atoms with Crippen LogP contribution in [0.2, 0.25) is 5.02 Å². The number of carbonyl (C=O) groups excluding carboxylic acids is 1. The predicted octanol–water partition coefficient (Wildman–Crippen LogP) is 4.19. The van der Waals surface area contributed by atoms with Crippen molar-refractivity contribution in [3.8, 4) is 5.75 Å². The smallest absolute Gasteiger partial charge is 0.171 e. The normalized spacial score (nSPS) is 10.8. The molecular formula is C15H11ClN2O2S. The zero-order valence-electron chi connectivity index (χ0n) is 11.1. The van der Waals surface area contributed by atoms with Crippen LogP contribution in [0.1, 0.15) is 10.4 Å². The number of aromatic nitrogens is 2. The Hall–Kier alpha value is -1.98. The Bertz CT molecular complexity index is 817. The van der Waals surface area contributed by atoms with Crippen LogP contribution in [-0.4, -0.2) is 23.4 Å². The predicted molar refractivity (Wildman–Crippen MR) is 83.6 cm³/mol. The van der Waals surface area contributed by atoms with E-state index in [1.165, 1.54) is 11.8 Å². The second-order valence-electron chi connectivity index (χ2n) is 4.30. The van der Waals surface area contributed by atoms with Gasteiger partial charge in [-0.2, -0.15) is 0 Å². The molecule has 1 heterocycles. The Kier molecular flexibility index (Phi) is 3.86. The Labute approximate surface area is 130 Å². The number of methoxy groups -OCH3 is 1. The fraction of sp³-hybridized carbons (Fsp3) is 0.0667. The number of nitrogens with zero attached hydrogens (tertiary/aromatic N) is 1. The number of nitrogens with one attached hydrogen (secondary N) is 1. The minimum atomic E-state index is 0.438. The lowest BCUT2D eigenvalue weighted by atomic mass is 10.2. The number of imidazole rings is 1. The van der Waals surface area contributed by atoms with E-state index >= 15 is 0 Å². The zero-order valence-corrected chi connectivity index (χ0v) is 12.7. The average Bonchev–Trinajstić information content (AvgIpc) is 2.88. The molecule has 0 aliphatic carbocycles. The lowest BCUT2D eigenvalue weighted by Gasteiger charge is -2.03. The van der Waals surface area contributed by atoms with Gasteiger partial charge in [0, 0.05) is 16.5 Å². The van der Waals surface area contributed by atoms with Crippen LogP contribution < -0.4 is 4.74 Å². The van der Waals surface area contributed by atoms with Crippen LogP contribution in [0.25, 0.3) is 11.0 Å². The van der Waals surface area contributed by atoms with E-state index in [4.69, 9.17) is 16.3 Å². The molecule has 1 aromatic heterocycles. The number of benzene rings is 2. The molecule has 0 saturated carbocycles. The molecule has 6 heteroatoms. The summed E-state index contributed by atoms with van der Waals surface area (Å²) in [7, 11) is 1.62. The van der Waals surface area contributed by atoms with E-state index in [1.807, 2.05) is 30.3 Å². The molecule has 4 nitrogen and oxygen atoms in total. The molecule has 1 N–H and O–H groups in total. The van der Waals surface area contributed by atoms with E-state index in [2.05, 4.69) is 9.97 Å². The number of rotatable bonds is 4. The van der Waals surface area contributed by atoms with Gasteiger partial charge in [-0.1, -0.05) is 29.4 Å². The van der Waals surface area contributed by atoms with Crippen molar-refractivity contribution in [1.82, 2.24) is 9.97 Å². The summed E-state index contributed by atoms with van der Waals surface area (Å²) < 4.78 is 5.18. The van der Waals surface area contributed by atoms with Gasteiger partial charge >= 0.3 is 0 Å². The van der Waals surface area contributed by atoms with Crippen molar-refractivity contribution >= 4 is 40.7 Å². The summed E-state index contributed by atoms with van der Waals surface area (Å²) in [6.45, 7) is 0. The van der Waals surface area contributed by atoms with Crippen LogP contribution in [0.5, 0.6) is 5.75 Å². The summed E-state index contributed by atoms with van der Waals surface area (Å²) in [5.41, 5.74) is 2.20. The van der Waals surface area contributed by atoms with E-state index < -0.39 is 0 Å². The van der Waals surface area contributed by atoms with Crippen molar-refractivity contribution in [1.29, 1.82) is 0 Å². The molecule has 0 aliphatic heterocycles. The van der Waals surface area contributed by atoms with E-state index in [0.717, 1.165) is 28.0 Å². The largest absolute Gasteiger partial charge is 0.497 e. The average molecular weight is 319 g/mol. The molecule has 0 saturated heterocycles. The molecule has 0 atom stereocenters. The zero-order chi connectivity index (χ0) is 14.8. The fourth-order valence-corrected chi connectivity index (χ4v) is 3.17. The van der Waals surface area contributed by atoms with Crippen LogP contribution in [-0.2, 0) is 0 Å². The van der Waals surface area contributed by atoms with Gasteiger partial charge in [0.15, 0.2) is 11.4 Å². The molecule has 0 fully saturated rings. The maximum atomic E-state index is 11.1. The lowest BCUT2D eigenvalue weighted by molar-refractivity contribution is 0.112. The van der Waals surface area contributed by atoms with E-state index in [0.29, 0.717) is 15.7 Å². The molecule has 2 aromatic carbocycles. The number of aromatic amines is 1. The van der Waals surface area contributed by atoms with Gasteiger partial charge < -0.3 is 9.72 Å². The number of carbonyl (C=O) groups is 1. The minimum Gasteiger partial charge on any atom is -0.497 e. The summed E-state index contributed by atoms with van der Waals surface area (Å²) in [5.74, 6) is 0.763. The summed E-state index contributed by atoms with van der Waals surface area (Å²) in [6, 6.07) is 11.0. The van der Waals surface area contributed by atoms with Gasteiger partial charge in [0.05, 0.1) is 23.2 Å². The van der Waals surface area contributed by atoms with Gasteiger partial charge in [-0.15, -0.1) is 0 Å². The highest BCUT2D eigenvalue weighted by atomic mass is 35.5. The van der Waals surface area contributed by atoms with Crippen LogP contribution >= 0.6 is 23.4 Å². The Morgan fingerprint density at radius 2 is 2.19 bits per heavy atom. The number of halogens is 1. The van der Waals surface area contributed by atoms with E-state index in [1.54, 1.807) is 13.2 Å². The topological polar surface area (TPSA) is 55.0 Å². The molecule has 21 heavy (non-hydrogen) atoms. The fourth-order valence-electron chi connectivity index (χ4n) is 1.97. The van der Waals surface area contributed by atoms with Crippen LogP contribution in [0, 0.1) is 0 Å². The lowest BCUT2D eigenvalue weighted by Crippen LogP contribution is -1.87. The minimum absolute atomic E-state index is 0.438. The standard InChI is InChI=1S/C15H11ClN2O2S/c1-20-9-5-6-12-13(7-9)18-15(17-12)21-14-4-2-3-11(16)10(14)8-19/h2-8H,1H3,(H,17,18). The Balaban J connectivity index is 1.98. The summed E-state index contributed by atoms with van der Waals surface area (Å²) in [4.78, 5) is 19.6. The van der Waals surface area contributed by atoms with E-state index in [-0.39, 0.29) is 0 Å². The number of aldehydes is 1. The number of fused-ring (bicyclic) bond motifs is 1. The van der Waals surface area contributed by atoms with Gasteiger partial charge in [-0.25, -0.2) is 4.98 Å². The second-order valence-corrected chi connectivity index (χ2v) is 5.73. The first kappa shape index (κ1) is 14.0. The highest BCUT2D eigenvalue weighted by molar-refractivity contribution is 7.99. The first-order valence-corrected chi connectivity index (χ1v) is 7.36. The Morgan fingerprint density at radius 1 is 1.33 bits per heavy atom. The van der Waals surface area contributed by atoms with Gasteiger partial charge in [0.25, 0.3) is 0 Å². The number of hydrogen-bond acceptors (Lipinski definition) is 4. The SMILES string of the molecule is COc1ccc2nc(Sc3cccc(Cl)c3C=O)[nH]c2c1. The first-order chi connectivity index (χ1) is 10.2. The van der Waals surface area contributed by atoms with Gasteiger partial charge in [0.1, 0.15) is 5.75 Å². The van der Waals surface area contributed by atoms with Crippen LogP contribution in [0.3, 0.4) is 0 Å². The van der Waals surface area contributed by atoms with Gasteiger partial charge in [-0.05, 0) is 24.3 Å². The molecule has 0 amide bonds. The van der Waals surface area contributed by atoms with Crippen molar-refractivity contribution in [2.45, 2.75) is 10.1 Å². The number of ether oxygens (including phenoxy) is 1. The molecule has 0 spiro atoms. The monoisotopic (exact) mass is 318 g/mol. The van der Waals surface area contributed by atoms with Gasteiger partial charge in [0.2, 0.25) is 0 Å². The van der Waals surface area contributed by atoms with Crippen molar-refractivity contribution in [2.75, 3.05) is 7.11 Å². The summed E-state index contributed by atoms with van der Waals surface area (Å²) in [6.07, 6.45) is 0.760. The van der Waals surface area contributed by atoms with Crippen molar-refractivity contribution in [3.05, 3.63) is 47.0 Å². The maximum absolute atomic E-state index is 11.1. The van der Waals surface area contributed by atoms with Crippen molar-refractivity contribution in [2.24, 2.45) is 0 Å². The highest BCUT2D eigenvalue weighted by Crippen LogP contribution is 2.32. The highest BCUT2D eigenvalue weighted by Gasteiger charge is 2.11. The second kappa shape index (κ2) is 5.79. The maximum Gasteiger partial charge on any atom is 0.171 e. The molecular weight excluding hydrogens is 308 g/mol. The molecule has 0 radical (unpaired) electrons. The molecule has 0 unspecified atom stereocenters. The molecule has 106 valence electrons. The summed E-state index contributed by atoms with van der Waals surface area (Å²) in [5, 5.41) is 1.14.